The summed E-state index contributed by atoms with van der Waals surface area (Å²) in [6.45, 7) is 2.57. The lowest BCUT2D eigenvalue weighted by Gasteiger charge is -2.60. The van der Waals surface area contributed by atoms with E-state index in [9.17, 15) is 18.0 Å². The maximum absolute atomic E-state index is 13.5. The third-order valence-electron chi connectivity index (χ3n) is 8.32. The molecule has 1 saturated heterocycles. The molecule has 186 valence electrons. The average molecular weight is 601 g/mol. The Morgan fingerprint density at radius 2 is 1.82 bits per heavy atom. The standard InChI is InChI=1S/C24H33IN4O4S/c1-15-12-28(34(32,33)29(13-15)20-5-3-2-4-19(20)25)14-22(31)27-23-17-6-16-7-18(23)10-24(8-16,9-17)11-21(26)30/h2-5,15-18,23H,6-14H2,1H3,(H2,26,30)(H,27,31). The lowest BCUT2D eigenvalue weighted by Crippen LogP contribution is -2.61. The second kappa shape index (κ2) is 8.92. The number of rotatable bonds is 6. The molecule has 4 aliphatic carbocycles. The second-order valence-corrected chi connectivity index (χ2v) is 14.1. The second-order valence-electron chi connectivity index (χ2n) is 11.1. The molecule has 3 unspecified atom stereocenters. The van der Waals surface area contributed by atoms with Crippen LogP contribution in [0.2, 0.25) is 0 Å². The van der Waals surface area contributed by atoms with Gasteiger partial charge in [0.2, 0.25) is 11.8 Å². The van der Waals surface area contributed by atoms with Gasteiger partial charge in [-0.1, -0.05) is 19.1 Å². The fourth-order valence-corrected chi connectivity index (χ4v) is 10.1. The van der Waals surface area contributed by atoms with Crippen molar-refractivity contribution in [2.45, 2.75) is 51.5 Å². The summed E-state index contributed by atoms with van der Waals surface area (Å²) in [6.07, 6.45) is 5.50. The Morgan fingerprint density at radius 3 is 2.47 bits per heavy atom. The molecule has 3 N–H and O–H groups in total. The van der Waals surface area contributed by atoms with Crippen molar-refractivity contribution in [2.24, 2.45) is 34.8 Å². The largest absolute Gasteiger partial charge is 0.370 e. The van der Waals surface area contributed by atoms with Crippen molar-refractivity contribution >= 4 is 50.3 Å². The first-order chi connectivity index (χ1) is 16.1. The number of hydrogen-bond acceptors (Lipinski definition) is 4. The SMILES string of the molecule is CC1CN(CC(=O)NC2C3CC4CC2CC(CC(N)=O)(C4)C3)S(=O)(=O)N(c2ccccc2I)C1. The number of hydrogen-bond donors (Lipinski definition) is 2. The number of carbonyl (C=O) groups is 2. The summed E-state index contributed by atoms with van der Waals surface area (Å²) in [5, 5.41) is 3.22. The number of benzene rings is 1. The summed E-state index contributed by atoms with van der Waals surface area (Å²) in [5.74, 6) is 0.923. The van der Waals surface area contributed by atoms with Crippen molar-refractivity contribution in [1.82, 2.24) is 9.62 Å². The van der Waals surface area contributed by atoms with E-state index in [-0.39, 0.29) is 35.7 Å². The van der Waals surface area contributed by atoms with Crippen molar-refractivity contribution < 1.29 is 18.0 Å². The van der Waals surface area contributed by atoms with Gasteiger partial charge in [-0.3, -0.25) is 13.9 Å². The van der Waals surface area contributed by atoms with Crippen LogP contribution in [0, 0.1) is 32.7 Å². The summed E-state index contributed by atoms with van der Waals surface area (Å²) in [4.78, 5) is 24.8. The quantitative estimate of drug-likeness (QED) is 0.489. The number of nitrogens with one attached hydrogen (secondary N) is 1. The van der Waals surface area contributed by atoms with Gasteiger partial charge in [0.05, 0.1) is 12.2 Å². The molecule has 34 heavy (non-hydrogen) atoms. The monoisotopic (exact) mass is 600 g/mol. The number of primary amides is 1. The van der Waals surface area contributed by atoms with Crippen molar-refractivity contribution in [1.29, 1.82) is 0 Å². The third-order valence-corrected chi connectivity index (χ3v) is 11.1. The topological polar surface area (TPSA) is 113 Å². The minimum absolute atomic E-state index is 0.00251. The van der Waals surface area contributed by atoms with E-state index in [1.807, 2.05) is 31.2 Å². The lowest BCUT2D eigenvalue weighted by atomic mass is 9.47. The highest BCUT2D eigenvalue weighted by atomic mass is 127. The number of amides is 2. The van der Waals surface area contributed by atoms with Gasteiger partial charge < -0.3 is 11.1 Å². The minimum Gasteiger partial charge on any atom is -0.370 e. The van der Waals surface area contributed by atoms with Crippen LogP contribution in [0.3, 0.4) is 0 Å². The molecule has 0 aromatic heterocycles. The van der Waals surface area contributed by atoms with Gasteiger partial charge in [0.25, 0.3) is 0 Å². The summed E-state index contributed by atoms with van der Waals surface area (Å²) in [5.41, 5.74) is 6.21. The smallest absolute Gasteiger partial charge is 0.304 e. The van der Waals surface area contributed by atoms with Crippen LogP contribution in [0.25, 0.3) is 0 Å². The number of nitrogens with two attached hydrogens (primary N) is 1. The van der Waals surface area contributed by atoms with Crippen LogP contribution in [0.5, 0.6) is 0 Å². The maximum atomic E-state index is 13.5. The highest BCUT2D eigenvalue weighted by Gasteiger charge is 2.56. The molecule has 6 rings (SSSR count). The fraction of sp³-hybridized carbons (Fsp3) is 0.667. The third kappa shape index (κ3) is 4.45. The van der Waals surface area contributed by atoms with E-state index >= 15 is 0 Å². The Bertz CT molecular complexity index is 1080. The molecule has 10 heteroatoms. The van der Waals surface area contributed by atoms with E-state index in [0.717, 1.165) is 35.7 Å². The fourth-order valence-electron chi connectivity index (χ4n) is 7.45. The molecule has 4 saturated carbocycles. The first-order valence-electron chi connectivity index (χ1n) is 12.2. The molecule has 1 heterocycles. The van der Waals surface area contributed by atoms with E-state index in [1.54, 1.807) is 0 Å². The summed E-state index contributed by atoms with van der Waals surface area (Å²) < 4.78 is 30.5. The normalized spacial score (nSPS) is 36.4. The van der Waals surface area contributed by atoms with E-state index in [2.05, 4.69) is 27.9 Å². The molecule has 1 aromatic rings. The van der Waals surface area contributed by atoms with Gasteiger partial charge in [-0.05, 0) is 95.9 Å². The average Bonchev–Trinajstić information content (AvgIpc) is 2.72. The van der Waals surface area contributed by atoms with Crippen LogP contribution < -0.4 is 15.4 Å². The van der Waals surface area contributed by atoms with Crippen molar-refractivity contribution in [3.05, 3.63) is 27.8 Å². The zero-order valence-corrected chi connectivity index (χ0v) is 22.4. The van der Waals surface area contributed by atoms with Crippen molar-refractivity contribution in [3.63, 3.8) is 0 Å². The zero-order chi connectivity index (χ0) is 24.3. The molecule has 1 aromatic carbocycles. The van der Waals surface area contributed by atoms with Gasteiger partial charge in [-0.2, -0.15) is 12.7 Å². The number of para-hydroxylation sites is 1. The van der Waals surface area contributed by atoms with E-state index in [1.165, 1.54) is 8.61 Å². The summed E-state index contributed by atoms with van der Waals surface area (Å²) in [7, 11) is -3.80. The predicted molar refractivity (Wildman–Crippen MR) is 138 cm³/mol. The van der Waals surface area contributed by atoms with Gasteiger partial charge >= 0.3 is 10.2 Å². The van der Waals surface area contributed by atoms with E-state index in [4.69, 9.17) is 5.73 Å². The van der Waals surface area contributed by atoms with Gasteiger partial charge in [0.15, 0.2) is 0 Å². The molecule has 8 nitrogen and oxygen atoms in total. The van der Waals surface area contributed by atoms with Gasteiger partial charge in [-0.25, -0.2) is 0 Å². The molecule has 1 aliphatic heterocycles. The minimum atomic E-state index is -3.80. The molecular formula is C24H33IN4O4S. The maximum Gasteiger partial charge on any atom is 0.304 e. The Morgan fingerprint density at radius 1 is 1.15 bits per heavy atom. The van der Waals surface area contributed by atoms with Crippen LogP contribution in [-0.2, 0) is 19.8 Å². The van der Waals surface area contributed by atoms with Crippen LogP contribution in [0.15, 0.2) is 24.3 Å². The van der Waals surface area contributed by atoms with Crippen LogP contribution >= 0.6 is 22.6 Å². The Balaban J connectivity index is 1.28. The highest BCUT2D eigenvalue weighted by molar-refractivity contribution is 14.1. The molecule has 5 fully saturated rings. The van der Waals surface area contributed by atoms with Crippen LogP contribution in [-0.4, -0.2) is 50.2 Å². The number of nitrogens with zero attached hydrogens (tertiary/aromatic N) is 2. The van der Waals surface area contributed by atoms with Crippen molar-refractivity contribution in [2.75, 3.05) is 23.9 Å². The van der Waals surface area contributed by atoms with E-state index in [0.29, 0.717) is 43.0 Å². The molecule has 4 bridgehead atoms. The van der Waals surface area contributed by atoms with Crippen molar-refractivity contribution in [3.8, 4) is 0 Å². The van der Waals surface area contributed by atoms with Crippen LogP contribution in [0.1, 0.15) is 45.4 Å². The molecular weight excluding hydrogens is 567 g/mol. The summed E-state index contributed by atoms with van der Waals surface area (Å²) >= 11 is 2.15. The van der Waals surface area contributed by atoms with Gasteiger partial charge in [0, 0.05) is 29.1 Å². The Labute approximate surface area is 215 Å². The highest BCUT2D eigenvalue weighted by Crippen LogP contribution is 2.61. The first kappa shape index (κ1) is 24.3. The number of anilines is 1. The molecule has 2 amide bonds. The van der Waals surface area contributed by atoms with Crippen LogP contribution in [0.4, 0.5) is 5.69 Å². The lowest BCUT2D eigenvalue weighted by molar-refractivity contribution is -0.134. The zero-order valence-electron chi connectivity index (χ0n) is 19.5. The number of halogens is 1. The Hall–Kier alpha value is -1.40. The summed E-state index contributed by atoms with van der Waals surface area (Å²) in [6, 6.07) is 7.47. The Kier molecular flexibility index (Phi) is 6.37. The number of carbonyl (C=O) groups excluding carboxylic acids is 2. The van der Waals surface area contributed by atoms with Gasteiger partial charge in [0.1, 0.15) is 0 Å². The molecule has 5 aliphatic rings. The van der Waals surface area contributed by atoms with Gasteiger partial charge in [-0.15, -0.1) is 0 Å². The molecule has 0 spiro atoms. The van der Waals surface area contributed by atoms with E-state index < -0.39 is 10.2 Å². The molecule has 3 atom stereocenters. The molecule has 0 radical (unpaired) electrons. The first-order valence-corrected chi connectivity index (χ1v) is 14.6. The predicted octanol–water partition coefficient (Wildman–Crippen LogP) is 2.48.